The smallest absolute Gasteiger partial charge is 0.0558 e. The van der Waals surface area contributed by atoms with Crippen molar-refractivity contribution in [2.45, 2.75) is 31.8 Å². The van der Waals surface area contributed by atoms with Crippen LogP contribution in [0.5, 0.6) is 0 Å². The molecule has 1 aliphatic heterocycles. The Bertz CT molecular complexity index is 463. The Morgan fingerprint density at radius 2 is 2.10 bits per heavy atom. The number of rotatable bonds is 6. The van der Waals surface area contributed by atoms with Crippen molar-refractivity contribution in [3.8, 4) is 12.3 Å². The predicted molar refractivity (Wildman–Crippen MR) is 87.0 cm³/mol. The van der Waals surface area contributed by atoms with E-state index >= 15 is 0 Å². The Morgan fingerprint density at radius 1 is 1.33 bits per heavy atom. The largest absolute Gasteiger partial charge is 0.395 e. The van der Waals surface area contributed by atoms with E-state index in [0.29, 0.717) is 6.04 Å². The third kappa shape index (κ3) is 4.86. The predicted octanol–water partition coefficient (Wildman–Crippen LogP) is 1.95. The maximum atomic E-state index is 9.31. The van der Waals surface area contributed by atoms with Crippen LogP contribution in [0.3, 0.4) is 0 Å². The number of likely N-dealkylation sites (N-methyl/N-ethyl adjacent to an activating group) is 1. The number of nitrogens with zero attached hydrogens (tertiary/aromatic N) is 2. The van der Waals surface area contributed by atoms with E-state index in [-0.39, 0.29) is 6.61 Å². The van der Waals surface area contributed by atoms with Crippen LogP contribution in [-0.4, -0.2) is 54.2 Å². The molecule has 1 atom stereocenters. The van der Waals surface area contributed by atoms with Crippen LogP contribution < -0.4 is 0 Å². The van der Waals surface area contributed by atoms with Crippen molar-refractivity contribution in [2.75, 3.05) is 33.3 Å². The lowest BCUT2D eigenvalue weighted by Crippen LogP contribution is -2.45. The molecule has 0 radical (unpaired) electrons. The van der Waals surface area contributed by atoms with Crippen molar-refractivity contribution in [3.05, 3.63) is 35.4 Å². The van der Waals surface area contributed by atoms with Crippen LogP contribution in [0.1, 0.15) is 30.4 Å². The number of hydrogen-bond donors (Lipinski definition) is 1. The minimum atomic E-state index is 0.207. The average Bonchev–Trinajstić information content (AvgIpc) is 2.50. The standard InChI is InChI=1S/C18H26N2O/c1-3-16-7-9-17(10-8-16)14-20(12-13-21)15-18-6-4-5-11-19(18)2/h1,7-10,18,21H,4-6,11-15H2,2H3. The van der Waals surface area contributed by atoms with E-state index in [2.05, 4.69) is 34.9 Å². The summed E-state index contributed by atoms with van der Waals surface area (Å²) < 4.78 is 0. The molecule has 1 aliphatic rings. The molecule has 0 aromatic heterocycles. The summed E-state index contributed by atoms with van der Waals surface area (Å²) in [4.78, 5) is 4.80. The SMILES string of the molecule is C#Cc1ccc(CN(CCO)CC2CCCCN2C)cc1. The van der Waals surface area contributed by atoms with Gasteiger partial charge in [0.05, 0.1) is 6.61 Å². The summed E-state index contributed by atoms with van der Waals surface area (Å²) in [6, 6.07) is 8.75. The molecule has 1 heterocycles. The number of hydrogen-bond acceptors (Lipinski definition) is 3. The van der Waals surface area contributed by atoms with E-state index in [0.717, 1.165) is 25.2 Å². The highest BCUT2D eigenvalue weighted by molar-refractivity contribution is 5.34. The van der Waals surface area contributed by atoms with Gasteiger partial charge in [-0.1, -0.05) is 24.5 Å². The highest BCUT2D eigenvalue weighted by Crippen LogP contribution is 2.17. The minimum Gasteiger partial charge on any atom is -0.395 e. The number of benzene rings is 1. The maximum absolute atomic E-state index is 9.31. The van der Waals surface area contributed by atoms with Gasteiger partial charge in [-0.2, -0.15) is 0 Å². The van der Waals surface area contributed by atoms with E-state index in [4.69, 9.17) is 6.42 Å². The maximum Gasteiger partial charge on any atom is 0.0558 e. The topological polar surface area (TPSA) is 26.7 Å². The molecule has 0 amide bonds. The van der Waals surface area contributed by atoms with Gasteiger partial charge in [-0.3, -0.25) is 4.90 Å². The van der Waals surface area contributed by atoms with Gasteiger partial charge in [-0.25, -0.2) is 0 Å². The van der Waals surface area contributed by atoms with Crippen LogP contribution in [0, 0.1) is 12.3 Å². The van der Waals surface area contributed by atoms with Gasteiger partial charge in [-0.05, 0) is 44.1 Å². The molecule has 0 saturated carbocycles. The average molecular weight is 286 g/mol. The summed E-state index contributed by atoms with van der Waals surface area (Å²) in [6.45, 7) is 4.01. The van der Waals surface area contributed by atoms with Crippen molar-refractivity contribution in [1.82, 2.24) is 9.80 Å². The van der Waals surface area contributed by atoms with Crippen LogP contribution in [0.25, 0.3) is 0 Å². The first-order valence-corrected chi connectivity index (χ1v) is 7.82. The Morgan fingerprint density at radius 3 is 2.71 bits per heavy atom. The van der Waals surface area contributed by atoms with Gasteiger partial charge in [0.1, 0.15) is 0 Å². The number of terminal acetylenes is 1. The van der Waals surface area contributed by atoms with Crippen molar-refractivity contribution >= 4 is 0 Å². The fourth-order valence-electron chi connectivity index (χ4n) is 3.01. The third-order valence-electron chi connectivity index (χ3n) is 4.33. The van der Waals surface area contributed by atoms with E-state index in [1.165, 1.54) is 31.4 Å². The molecular formula is C18H26N2O. The first kappa shape index (κ1) is 16.0. The number of likely N-dealkylation sites (tertiary alicyclic amines) is 1. The normalized spacial score (nSPS) is 19.6. The highest BCUT2D eigenvalue weighted by Gasteiger charge is 2.21. The van der Waals surface area contributed by atoms with Crippen molar-refractivity contribution < 1.29 is 5.11 Å². The molecule has 114 valence electrons. The van der Waals surface area contributed by atoms with E-state index in [1.807, 2.05) is 12.1 Å². The van der Waals surface area contributed by atoms with Gasteiger partial charge >= 0.3 is 0 Å². The third-order valence-corrected chi connectivity index (χ3v) is 4.33. The fraction of sp³-hybridized carbons (Fsp3) is 0.556. The molecule has 1 unspecified atom stereocenters. The van der Waals surface area contributed by atoms with Crippen LogP contribution in [0.4, 0.5) is 0 Å². The number of piperidine rings is 1. The van der Waals surface area contributed by atoms with Crippen LogP contribution in [0.15, 0.2) is 24.3 Å². The van der Waals surface area contributed by atoms with Gasteiger partial charge in [0.15, 0.2) is 0 Å². The zero-order valence-corrected chi connectivity index (χ0v) is 13.0. The fourth-order valence-corrected chi connectivity index (χ4v) is 3.01. The van der Waals surface area contributed by atoms with E-state index < -0.39 is 0 Å². The van der Waals surface area contributed by atoms with Gasteiger partial charge in [-0.15, -0.1) is 6.42 Å². The highest BCUT2D eigenvalue weighted by atomic mass is 16.3. The van der Waals surface area contributed by atoms with Crippen molar-refractivity contribution in [3.63, 3.8) is 0 Å². The first-order chi connectivity index (χ1) is 10.2. The second-order valence-corrected chi connectivity index (χ2v) is 5.93. The summed E-state index contributed by atoms with van der Waals surface area (Å²) in [7, 11) is 2.21. The Hall–Kier alpha value is -1.34. The van der Waals surface area contributed by atoms with E-state index in [1.54, 1.807) is 0 Å². The summed E-state index contributed by atoms with van der Waals surface area (Å²) in [5.41, 5.74) is 2.17. The lowest BCUT2D eigenvalue weighted by molar-refractivity contribution is 0.110. The van der Waals surface area contributed by atoms with E-state index in [9.17, 15) is 5.11 Å². The molecular weight excluding hydrogens is 260 g/mol. The van der Waals surface area contributed by atoms with Gasteiger partial charge in [0.25, 0.3) is 0 Å². The molecule has 1 N–H and O–H groups in total. The molecule has 1 fully saturated rings. The molecule has 0 aliphatic carbocycles. The van der Waals surface area contributed by atoms with Crippen LogP contribution in [-0.2, 0) is 6.54 Å². The summed E-state index contributed by atoms with van der Waals surface area (Å²) >= 11 is 0. The lowest BCUT2D eigenvalue weighted by atomic mass is 10.0. The number of aliphatic hydroxyl groups excluding tert-OH is 1. The molecule has 0 spiro atoms. The second-order valence-electron chi connectivity index (χ2n) is 5.93. The minimum absolute atomic E-state index is 0.207. The Labute approximate surface area is 128 Å². The molecule has 21 heavy (non-hydrogen) atoms. The summed E-state index contributed by atoms with van der Waals surface area (Å²) in [5, 5.41) is 9.31. The van der Waals surface area contributed by atoms with Crippen LogP contribution in [0.2, 0.25) is 0 Å². The summed E-state index contributed by atoms with van der Waals surface area (Å²) in [5.74, 6) is 2.64. The van der Waals surface area contributed by atoms with Crippen molar-refractivity contribution in [1.29, 1.82) is 0 Å². The van der Waals surface area contributed by atoms with Gasteiger partial charge in [0, 0.05) is 31.2 Å². The quantitative estimate of drug-likeness (QED) is 0.810. The van der Waals surface area contributed by atoms with Gasteiger partial charge in [0.2, 0.25) is 0 Å². The first-order valence-electron chi connectivity index (χ1n) is 7.82. The Balaban J connectivity index is 1.95. The zero-order valence-electron chi connectivity index (χ0n) is 13.0. The second kappa shape index (κ2) is 8.19. The van der Waals surface area contributed by atoms with Gasteiger partial charge < -0.3 is 10.0 Å². The molecule has 0 bridgehead atoms. The molecule has 1 aromatic rings. The molecule has 1 aromatic carbocycles. The van der Waals surface area contributed by atoms with Crippen LogP contribution >= 0.6 is 0 Å². The molecule has 2 rings (SSSR count). The molecule has 3 heteroatoms. The molecule has 1 saturated heterocycles. The molecule has 3 nitrogen and oxygen atoms in total. The monoisotopic (exact) mass is 286 g/mol. The summed E-state index contributed by atoms with van der Waals surface area (Å²) in [6.07, 6.45) is 9.27. The lowest BCUT2D eigenvalue weighted by Gasteiger charge is -2.36. The van der Waals surface area contributed by atoms with Crippen molar-refractivity contribution in [2.24, 2.45) is 0 Å². The number of aliphatic hydroxyl groups is 1. The Kier molecular flexibility index (Phi) is 6.25. The zero-order chi connectivity index (χ0) is 15.1.